The molecule has 4 aliphatic rings. The van der Waals surface area contributed by atoms with Crippen molar-refractivity contribution in [3.8, 4) is 0 Å². The van der Waals surface area contributed by atoms with Gasteiger partial charge in [0.25, 0.3) is 0 Å². The Labute approximate surface area is 316 Å². The molecule has 1 unspecified atom stereocenters. The Kier molecular flexibility index (Phi) is 15.0. The van der Waals surface area contributed by atoms with E-state index in [9.17, 15) is 19.8 Å². The average molecular weight is 744 g/mol. The van der Waals surface area contributed by atoms with E-state index in [-0.39, 0.29) is 43.7 Å². The number of pyridine rings is 1. The van der Waals surface area contributed by atoms with Crippen molar-refractivity contribution in [1.29, 1.82) is 0 Å². The predicted molar refractivity (Wildman–Crippen MR) is 203 cm³/mol. The van der Waals surface area contributed by atoms with Crippen LogP contribution < -0.4 is 0 Å². The highest BCUT2D eigenvalue weighted by Gasteiger charge is 2.52. The number of esters is 1. The third kappa shape index (κ3) is 10.4. The summed E-state index contributed by atoms with van der Waals surface area (Å²) in [4.78, 5) is 36.8. The van der Waals surface area contributed by atoms with E-state index in [1.54, 1.807) is 20.0 Å². The van der Waals surface area contributed by atoms with E-state index >= 15 is 0 Å². The summed E-state index contributed by atoms with van der Waals surface area (Å²) in [7, 11) is 3.81. The molecule has 1 aromatic rings. The molecule has 0 aliphatic carbocycles. The number of ketones is 1. The van der Waals surface area contributed by atoms with Gasteiger partial charge in [-0.15, -0.1) is 0 Å². The van der Waals surface area contributed by atoms with Crippen molar-refractivity contribution in [2.75, 3.05) is 40.4 Å². The van der Waals surface area contributed by atoms with Crippen molar-refractivity contribution >= 4 is 17.8 Å². The van der Waals surface area contributed by atoms with Crippen LogP contribution >= 0.6 is 0 Å². The highest BCUT2D eigenvalue weighted by atomic mass is 16.7. The van der Waals surface area contributed by atoms with Crippen molar-refractivity contribution in [2.24, 2.45) is 17.8 Å². The summed E-state index contributed by atoms with van der Waals surface area (Å²) in [5.74, 6) is -3.24. The number of carbonyl (C=O) groups is 2. The minimum atomic E-state index is -1.65. The maximum atomic E-state index is 14.4. The second-order valence-corrected chi connectivity index (χ2v) is 16.3. The van der Waals surface area contributed by atoms with Crippen LogP contribution in [0.15, 0.2) is 42.6 Å². The molecule has 0 spiro atoms. The molecule has 12 heteroatoms. The van der Waals surface area contributed by atoms with Gasteiger partial charge in [0, 0.05) is 37.3 Å². The summed E-state index contributed by atoms with van der Waals surface area (Å²) < 4.78 is 32.4. The van der Waals surface area contributed by atoms with E-state index in [2.05, 4.69) is 23.4 Å². The van der Waals surface area contributed by atoms with Crippen molar-refractivity contribution in [2.45, 2.75) is 135 Å². The molecule has 4 fully saturated rings. The summed E-state index contributed by atoms with van der Waals surface area (Å²) in [5.41, 5.74) is -1.32. The summed E-state index contributed by atoms with van der Waals surface area (Å²) in [6.45, 7) is 20.2. The number of likely N-dealkylation sites (N-methyl/N-ethyl adjacent to an activating group) is 1. The summed E-state index contributed by atoms with van der Waals surface area (Å²) in [6, 6.07) is 5.14. The van der Waals surface area contributed by atoms with Crippen LogP contribution in [0.1, 0.15) is 80.3 Å². The Morgan fingerprint density at radius 2 is 1.85 bits per heavy atom. The number of aliphatic hydroxyl groups excluding tert-OH is 1. The Balaban J connectivity index is 1.86. The van der Waals surface area contributed by atoms with Crippen molar-refractivity contribution in [3.05, 3.63) is 48.3 Å². The second-order valence-electron chi connectivity index (χ2n) is 16.3. The Hall–Kier alpha value is -2.55. The summed E-state index contributed by atoms with van der Waals surface area (Å²) in [6.07, 6.45) is 2.05. The maximum Gasteiger partial charge on any atom is 0.316 e. The number of rotatable bonds is 7. The lowest BCUT2D eigenvalue weighted by Gasteiger charge is -2.48. The number of nitrogens with zero attached hydrogens (tertiary/aromatic N) is 3. The molecule has 0 aromatic carbocycles. The van der Waals surface area contributed by atoms with Gasteiger partial charge < -0.3 is 38.8 Å². The fourth-order valence-electron chi connectivity index (χ4n) is 8.40. The van der Waals surface area contributed by atoms with E-state index in [0.717, 1.165) is 5.69 Å². The number of Topliss-reactive ketones (excluding diaryl/α,β-unsaturated/α-hetero) is 1. The van der Waals surface area contributed by atoms with Crippen LogP contribution in [-0.2, 0) is 33.3 Å². The number of hydrogen-bond acceptors (Lipinski definition) is 12. The smallest absolute Gasteiger partial charge is 0.316 e. The van der Waals surface area contributed by atoms with Crippen molar-refractivity contribution < 1.29 is 43.5 Å². The van der Waals surface area contributed by atoms with E-state index in [1.807, 2.05) is 77.0 Å². The fourth-order valence-corrected chi connectivity index (χ4v) is 8.40. The minimum Gasteiger partial charge on any atom is -0.459 e. The molecule has 0 saturated carbocycles. The van der Waals surface area contributed by atoms with Gasteiger partial charge in [-0.1, -0.05) is 39.5 Å². The number of aliphatic hydroxyl groups is 2. The van der Waals surface area contributed by atoms with Crippen LogP contribution in [0.4, 0.5) is 0 Å². The predicted octanol–water partition coefficient (Wildman–Crippen LogP) is 4.28. The van der Waals surface area contributed by atoms with E-state index in [0.29, 0.717) is 31.5 Å². The number of hydrogen-bond donors (Lipinski definition) is 2. The zero-order valence-corrected chi connectivity index (χ0v) is 33.6. The van der Waals surface area contributed by atoms with Crippen LogP contribution in [0.5, 0.6) is 0 Å². The zero-order chi connectivity index (χ0) is 39.2. The van der Waals surface area contributed by atoms with Crippen LogP contribution in [0.2, 0.25) is 0 Å². The Morgan fingerprint density at radius 3 is 2.49 bits per heavy atom. The van der Waals surface area contributed by atoms with Gasteiger partial charge in [-0.3, -0.25) is 19.5 Å². The lowest BCUT2D eigenvalue weighted by atomic mass is 9.78. The quantitative estimate of drug-likeness (QED) is 0.234. The standard InChI is InChI=1S/C41H65N3O9/c1-12-33-41(9,48)37-30(7)44(19-15-17-31-16-13-14-18-42-31)22-25(2)21-40(8,50-24-26(3)23-49-37)36(28(5)34(45)29(6)38(47)52-33)53-39-35(46)32(43(10)11)20-27(4)51-39/h13-18,25,27-30,32-33,35-37,39,46,48H,3,12,19-24H2,1-2,4-11H3/b17-15+/t25-,27-,28+,29?,30-,32+,33-,35-,36-,37+,39+,40-,41-/m1/s1. The van der Waals surface area contributed by atoms with Gasteiger partial charge in [-0.2, -0.15) is 0 Å². The molecular formula is C41H65N3O9. The average Bonchev–Trinajstić information content (AvgIpc) is 3.11. The third-order valence-corrected chi connectivity index (χ3v) is 11.4. The second kappa shape index (κ2) is 18.4. The molecule has 1 aromatic heterocycles. The first-order chi connectivity index (χ1) is 24.9. The van der Waals surface area contributed by atoms with E-state index in [1.165, 1.54) is 6.92 Å². The first-order valence-corrected chi connectivity index (χ1v) is 19.2. The van der Waals surface area contributed by atoms with Gasteiger partial charge in [-0.25, -0.2) is 0 Å². The molecule has 0 radical (unpaired) electrons. The summed E-state index contributed by atoms with van der Waals surface area (Å²) >= 11 is 0. The molecule has 5 heterocycles. The van der Waals surface area contributed by atoms with Gasteiger partial charge in [0.1, 0.15) is 29.8 Å². The molecule has 53 heavy (non-hydrogen) atoms. The lowest BCUT2D eigenvalue weighted by molar-refractivity contribution is -0.297. The van der Waals surface area contributed by atoms with Gasteiger partial charge in [-0.05, 0) is 97.7 Å². The van der Waals surface area contributed by atoms with Gasteiger partial charge >= 0.3 is 5.97 Å². The Morgan fingerprint density at radius 1 is 1.13 bits per heavy atom. The zero-order valence-electron chi connectivity index (χ0n) is 33.6. The van der Waals surface area contributed by atoms with Crippen molar-refractivity contribution in [1.82, 2.24) is 14.8 Å². The monoisotopic (exact) mass is 743 g/mol. The lowest BCUT2D eigenvalue weighted by Crippen LogP contribution is -2.61. The van der Waals surface area contributed by atoms with Gasteiger partial charge in [0.15, 0.2) is 12.1 Å². The molecular weight excluding hydrogens is 678 g/mol. The molecule has 4 aliphatic heterocycles. The largest absolute Gasteiger partial charge is 0.459 e. The van der Waals surface area contributed by atoms with E-state index < -0.39 is 65.5 Å². The van der Waals surface area contributed by atoms with Crippen LogP contribution in [0.25, 0.3) is 6.08 Å². The highest BCUT2D eigenvalue weighted by Crippen LogP contribution is 2.38. The molecule has 13 atom stereocenters. The molecule has 2 N–H and O–H groups in total. The number of carbonyl (C=O) groups excluding carboxylic acids is 2. The topological polar surface area (TPSA) is 140 Å². The molecule has 2 bridgehead atoms. The van der Waals surface area contributed by atoms with Crippen LogP contribution in [-0.4, -0.2) is 137 Å². The highest BCUT2D eigenvalue weighted by molar-refractivity contribution is 6.00. The van der Waals surface area contributed by atoms with Gasteiger partial charge in [0.2, 0.25) is 0 Å². The van der Waals surface area contributed by atoms with Gasteiger partial charge in [0.05, 0.1) is 36.7 Å². The summed E-state index contributed by atoms with van der Waals surface area (Å²) in [5, 5.41) is 23.9. The molecule has 298 valence electrons. The molecule has 4 saturated heterocycles. The fraction of sp³-hybridized carbons (Fsp3) is 0.732. The Bertz CT molecular complexity index is 1410. The maximum absolute atomic E-state index is 14.4. The first-order valence-electron chi connectivity index (χ1n) is 19.2. The molecule has 5 rings (SSSR count). The van der Waals surface area contributed by atoms with Crippen LogP contribution in [0.3, 0.4) is 0 Å². The number of fused-ring (bicyclic) bond motifs is 15. The SMILES string of the molecule is C=C1CO[C@H]2[C@@H](C)N(C/C=C/c3ccccn3)C[C@H](C)C[C@@](C)(OC1)[C@H](O[C@@H]1O[C@H](C)C[C@H](N(C)C)[C@H]1O)[C@@H](C)C(=O)C(C)C(=O)O[C@H](CC)[C@@]2(C)O. The minimum absolute atomic E-state index is 0.0366. The molecule has 12 nitrogen and oxygen atoms in total. The first kappa shape index (κ1) is 43.2. The van der Waals surface area contributed by atoms with Crippen molar-refractivity contribution in [3.63, 3.8) is 0 Å². The van der Waals surface area contributed by atoms with E-state index in [4.69, 9.17) is 23.7 Å². The number of aromatic nitrogens is 1. The number of ether oxygens (including phenoxy) is 5. The molecule has 0 amide bonds. The van der Waals surface area contributed by atoms with Crippen LogP contribution in [0, 0.1) is 17.8 Å². The normalized spacial score (nSPS) is 40.3. The third-order valence-electron chi connectivity index (χ3n) is 11.4.